The molecule has 0 radical (unpaired) electrons. The van der Waals surface area contributed by atoms with Gasteiger partial charge < -0.3 is 4.18 Å². The van der Waals surface area contributed by atoms with E-state index in [1.165, 1.54) is 35.0 Å². The summed E-state index contributed by atoms with van der Waals surface area (Å²) in [6, 6.07) is 9.89. The van der Waals surface area contributed by atoms with Crippen LogP contribution in [0.3, 0.4) is 0 Å². The SMILES string of the molecule is Cc1ccc(S(=O)(=O)Oc2ccc([N+](=O)[O-])cc2-c2nn(C)cc2C#CC(C)(C)C)cc1. The summed E-state index contributed by atoms with van der Waals surface area (Å²) < 4.78 is 32.6. The molecular formula is C23H23N3O5S. The van der Waals surface area contributed by atoms with Crippen LogP contribution in [0, 0.1) is 34.3 Å². The molecule has 0 bridgehead atoms. The van der Waals surface area contributed by atoms with E-state index < -0.39 is 15.0 Å². The summed E-state index contributed by atoms with van der Waals surface area (Å²) in [5.41, 5.74) is 1.34. The Morgan fingerprint density at radius 2 is 1.78 bits per heavy atom. The molecule has 0 unspecified atom stereocenters. The minimum Gasteiger partial charge on any atom is -0.378 e. The second-order valence-corrected chi connectivity index (χ2v) is 9.90. The number of aromatic nitrogens is 2. The van der Waals surface area contributed by atoms with E-state index >= 15 is 0 Å². The number of hydrogen-bond acceptors (Lipinski definition) is 6. The number of nitro groups is 1. The Morgan fingerprint density at radius 1 is 1.12 bits per heavy atom. The lowest BCUT2D eigenvalue weighted by Crippen LogP contribution is -2.10. The van der Waals surface area contributed by atoms with Crippen molar-refractivity contribution in [3.63, 3.8) is 0 Å². The van der Waals surface area contributed by atoms with Gasteiger partial charge in [0.05, 0.1) is 16.1 Å². The Hall–Kier alpha value is -3.64. The molecule has 3 rings (SSSR count). The van der Waals surface area contributed by atoms with Crippen LogP contribution < -0.4 is 4.18 Å². The van der Waals surface area contributed by atoms with Crippen LogP contribution in [0.25, 0.3) is 11.3 Å². The maximum Gasteiger partial charge on any atom is 0.339 e. The van der Waals surface area contributed by atoms with E-state index in [1.807, 2.05) is 27.7 Å². The Morgan fingerprint density at radius 3 is 2.38 bits per heavy atom. The molecule has 32 heavy (non-hydrogen) atoms. The number of nitro benzene ring substituents is 1. The second kappa shape index (κ2) is 8.48. The third-order valence-electron chi connectivity index (χ3n) is 4.34. The summed E-state index contributed by atoms with van der Waals surface area (Å²) in [5.74, 6) is 6.07. The van der Waals surface area contributed by atoms with Crippen LogP contribution in [0.4, 0.5) is 5.69 Å². The summed E-state index contributed by atoms with van der Waals surface area (Å²) in [6.07, 6.45) is 1.67. The van der Waals surface area contributed by atoms with Gasteiger partial charge in [0.1, 0.15) is 10.6 Å². The topological polar surface area (TPSA) is 104 Å². The monoisotopic (exact) mass is 453 g/mol. The number of nitrogens with zero attached hydrogens (tertiary/aromatic N) is 3. The highest BCUT2D eigenvalue weighted by Gasteiger charge is 2.24. The van der Waals surface area contributed by atoms with Crippen molar-refractivity contribution in [1.29, 1.82) is 0 Å². The van der Waals surface area contributed by atoms with E-state index in [-0.39, 0.29) is 27.3 Å². The number of aryl methyl sites for hydroxylation is 2. The number of hydrogen-bond donors (Lipinski definition) is 0. The minimum atomic E-state index is -4.18. The fourth-order valence-electron chi connectivity index (χ4n) is 2.79. The first-order valence-corrected chi connectivity index (χ1v) is 11.1. The van der Waals surface area contributed by atoms with Crippen molar-refractivity contribution in [3.05, 3.63) is 69.9 Å². The lowest BCUT2D eigenvalue weighted by molar-refractivity contribution is -0.384. The van der Waals surface area contributed by atoms with Crippen LogP contribution in [0.2, 0.25) is 0 Å². The first kappa shape index (κ1) is 23.0. The zero-order valence-corrected chi connectivity index (χ0v) is 19.2. The first-order valence-electron chi connectivity index (χ1n) is 9.72. The quantitative estimate of drug-likeness (QED) is 0.244. The first-order chi connectivity index (χ1) is 14.9. The molecule has 0 fully saturated rings. The molecule has 0 atom stereocenters. The molecule has 8 nitrogen and oxygen atoms in total. The van der Waals surface area contributed by atoms with Crippen molar-refractivity contribution in [3.8, 4) is 28.8 Å². The number of benzene rings is 2. The van der Waals surface area contributed by atoms with Gasteiger partial charge in [0, 0.05) is 30.8 Å². The van der Waals surface area contributed by atoms with Crippen LogP contribution in [0.5, 0.6) is 5.75 Å². The van der Waals surface area contributed by atoms with Crippen molar-refractivity contribution >= 4 is 15.8 Å². The highest BCUT2D eigenvalue weighted by atomic mass is 32.2. The zero-order valence-electron chi connectivity index (χ0n) is 18.4. The van der Waals surface area contributed by atoms with E-state index in [0.29, 0.717) is 11.3 Å². The van der Waals surface area contributed by atoms with Gasteiger partial charge in [0.15, 0.2) is 5.75 Å². The molecular weight excluding hydrogens is 430 g/mol. The highest BCUT2D eigenvalue weighted by Crippen LogP contribution is 2.36. The van der Waals surface area contributed by atoms with Gasteiger partial charge in [-0.15, -0.1) is 0 Å². The fourth-order valence-corrected chi connectivity index (χ4v) is 3.74. The van der Waals surface area contributed by atoms with Gasteiger partial charge in [-0.25, -0.2) is 0 Å². The molecule has 0 N–H and O–H groups in total. The summed E-state index contributed by atoms with van der Waals surface area (Å²) in [6.45, 7) is 7.69. The third-order valence-corrected chi connectivity index (χ3v) is 5.59. The zero-order chi connectivity index (χ0) is 23.7. The van der Waals surface area contributed by atoms with Crippen LogP contribution in [0.1, 0.15) is 31.9 Å². The fraction of sp³-hybridized carbons (Fsp3) is 0.261. The van der Waals surface area contributed by atoms with Gasteiger partial charge in [-0.05, 0) is 45.9 Å². The Labute approximate surface area is 187 Å². The molecule has 166 valence electrons. The van der Waals surface area contributed by atoms with Gasteiger partial charge in [-0.3, -0.25) is 14.8 Å². The summed E-state index contributed by atoms with van der Waals surface area (Å²) >= 11 is 0. The van der Waals surface area contributed by atoms with E-state index in [4.69, 9.17) is 4.18 Å². The molecule has 9 heteroatoms. The molecule has 1 aromatic heterocycles. The molecule has 0 spiro atoms. The minimum absolute atomic E-state index is 0.0267. The van der Waals surface area contributed by atoms with Gasteiger partial charge in [-0.2, -0.15) is 13.5 Å². The Bertz CT molecular complexity index is 1340. The van der Waals surface area contributed by atoms with Crippen LogP contribution in [-0.4, -0.2) is 23.1 Å². The second-order valence-electron chi connectivity index (χ2n) is 8.35. The molecule has 0 aliphatic heterocycles. The molecule has 0 saturated carbocycles. The Kier molecular flexibility index (Phi) is 6.10. The molecule has 0 amide bonds. The van der Waals surface area contributed by atoms with Crippen LogP contribution in [0.15, 0.2) is 53.6 Å². The smallest absolute Gasteiger partial charge is 0.339 e. The predicted octanol–water partition coefficient (Wildman–Crippen LogP) is 4.47. The lowest BCUT2D eigenvalue weighted by Gasteiger charge is -2.11. The Balaban J connectivity index is 2.16. The summed E-state index contributed by atoms with van der Waals surface area (Å²) in [4.78, 5) is 10.8. The molecule has 0 aliphatic carbocycles. The molecule has 0 aliphatic rings. The molecule has 0 saturated heterocycles. The van der Waals surface area contributed by atoms with E-state index in [1.54, 1.807) is 25.4 Å². The van der Waals surface area contributed by atoms with Crippen molar-refractivity contribution in [2.45, 2.75) is 32.6 Å². The molecule has 2 aromatic carbocycles. The van der Waals surface area contributed by atoms with Gasteiger partial charge in [0.2, 0.25) is 0 Å². The third kappa shape index (κ3) is 5.34. The maximum atomic E-state index is 12.9. The summed E-state index contributed by atoms with van der Waals surface area (Å²) in [5, 5.41) is 15.7. The van der Waals surface area contributed by atoms with Gasteiger partial charge in [-0.1, -0.05) is 29.5 Å². The average Bonchev–Trinajstić information content (AvgIpc) is 3.06. The molecule has 1 heterocycles. The maximum absolute atomic E-state index is 12.9. The largest absolute Gasteiger partial charge is 0.378 e. The van der Waals surface area contributed by atoms with Crippen molar-refractivity contribution < 1.29 is 17.5 Å². The average molecular weight is 454 g/mol. The normalized spacial score (nSPS) is 11.5. The van der Waals surface area contributed by atoms with Crippen molar-refractivity contribution in [1.82, 2.24) is 9.78 Å². The molecule has 3 aromatic rings. The van der Waals surface area contributed by atoms with Crippen LogP contribution in [-0.2, 0) is 17.2 Å². The number of rotatable bonds is 5. The number of non-ortho nitro benzene ring substituents is 1. The van der Waals surface area contributed by atoms with Crippen molar-refractivity contribution in [2.24, 2.45) is 12.5 Å². The van der Waals surface area contributed by atoms with E-state index in [2.05, 4.69) is 16.9 Å². The van der Waals surface area contributed by atoms with E-state index in [9.17, 15) is 18.5 Å². The standard InChI is InChI=1S/C23H23N3O5S/c1-16-6-9-19(10-7-16)32(29,30)31-21-11-8-18(26(27)28)14-20(21)22-17(15-25(5)24-22)12-13-23(2,3)4/h6-11,14-15H,1-5H3. The van der Waals surface area contributed by atoms with Gasteiger partial charge in [0.25, 0.3) is 5.69 Å². The van der Waals surface area contributed by atoms with Gasteiger partial charge >= 0.3 is 10.1 Å². The lowest BCUT2D eigenvalue weighted by atomic mass is 9.97. The van der Waals surface area contributed by atoms with E-state index in [0.717, 1.165) is 5.56 Å². The van der Waals surface area contributed by atoms with Crippen LogP contribution >= 0.6 is 0 Å². The predicted molar refractivity (Wildman–Crippen MR) is 121 cm³/mol. The highest BCUT2D eigenvalue weighted by molar-refractivity contribution is 7.87. The van der Waals surface area contributed by atoms with Crippen molar-refractivity contribution in [2.75, 3.05) is 0 Å². The summed E-state index contributed by atoms with van der Waals surface area (Å²) in [7, 11) is -2.49.